The smallest absolute Gasteiger partial charge is 0.126 e. The molecule has 2 rings (SSSR count). The molecule has 4 heteroatoms. The van der Waals surface area contributed by atoms with E-state index in [1.807, 2.05) is 19.1 Å². The largest absolute Gasteiger partial charge is 0.391 e. The average molecular weight is 271 g/mol. The standard InChI is InChI=1S/C11H15BrN2O/c1-7-9(12)4-5-11(14-7)13-6-10(15)8-2-3-8/h4-5,8,10,15H,2-3,6H2,1H3,(H,13,14)/t10-/m1/s1. The van der Waals surface area contributed by atoms with Gasteiger partial charge in [0.15, 0.2) is 0 Å². The highest BCUT2D eigenvalue weighted by Gasteiger charge is 2.29. The third-order valence-corrected chi connectivity index (χ3v) is 3.52. The Balaban J connectivity index is 1.89. The number of aliphatic hydroxyl groups excluding tert-OH is 1. The maximum atomic E-state index is 9.67. The van der Waals surface area contributed by atoms with Crippen LogP contribution in [0.1, 0.15) is 18.5 Å². The Hall–Kier alpha value is -0.610. The van der Waals surface area contributed by atoms with Crippen LogP contribution in [0.25, 0.3) is 0 Å². The van der Waals surface area contributed by atoms with Crippen LogP contribution in [0.5, 0.6) is 0 Å². The Kier molecular flexibility index (Phi) is 3.26. The molecule has 0 aliphatic heterocycles. The van der Waals surface area contributed by atoms with Crippen molar-refractivity contribution >= 4 is 21.7 Å². The fourth-order valence-electron chi connectivity index (χ4n) is 1.50. The first-order chi connectivity index (χ1) is 7.16. The molecule has 0 unspecified atom stereocenters. The van der Waals surface area contributed by atoms with Crippen molar-refractivity contribution in [3.63, 3.8) is 0 Å². The molecule has 0 bridgehead atoms. The quantitative estimate of drug-likeness (QED) is 0.883. The number of hydrogen-bond acceptors (Lipinski definition) is 3. The first-order valence-corrected chi connectivity index (χ1v) is 6.01. The first-order valence-electron chi connectivity index (χ1n) is 5.22. The van der Waals surface area contributed by atoms with Crippen LogP contribution in [-0.2, 0) is 0 Å². The Morgan fingerprint density at radius 2 is 2.33 bits per heavy atom. The molecule has 1 atom stereocenters. The van der Waals surface area contributed by atoms with Crippen LogP contribution in [0.4, 0.5) is 5.82 Å². The number of aryl methyl sites for hydroxylation is 1. The lowest BCUT2D eigenvalue weighted by atomic mass is 10.2. The Morgan fingerprint density at radius 3 is 2.93 bits per heavy atom. The van der Waals surface area contributed by atoms with E-state index in [4.69, 9.17) is 0 Å². The lowest BCUT2D eigenvalue weighted by Gasteiger charge is -2.11. The summed E-state index contributed by atoms with van der Waals surface area (Å²) in [6.07, 6.45) is 2.10. The summed E-state index contributed by atoms with van der Waals surface area (Å²) >= 11 is 3.40. The van der Waals surface area contributed by atoms with Crippen LogP contribution < -0.4 is 5.32 Å². The Labute approximate surface area is 98.0 Å². The van der Waals surface area contributed by atoms with Crippen LogP contribution >= 0.6 is 15.9 Å². The highest BCUT2D eigenvalue weighted by Crippen LogP contribution is 2.32. The van der Waals surface area contributed by atoms with Gasteiger partial charge >= 0.3 is 0 Å². The van der Waals surface area contributed by atoms with Gasteiger partial charge < -0.3 is 10.4 Å². The SMILES string of the molecule is Cc1nc(NC[C@@H](O)C2CC2)ccc1Br. The molecular formula is C11H15BrN2O. The van der Waals surface area contributed by atoms with E-state index >= 15 is 0 Å². The molecule has 0 amide bonds. The monoisotopic (exact) mass is 270 g/mol. The van der Waals surface area contributed by atoms with Gasteiger partial charge in [0.25, 0.3) is 0 Å². The molecule has 1 aromatic heterocycles. The van der Waals surface area contributed by atoms with Gasteiger partial charge in [-0.15, -0.1) is 0 Å². The van der Waals surface area contributed by atoms with E-state index < -0.39 is 0 Å². The van der Waals surface area contributed by atoms with Gasteiger partial charge in [-0.05, 0) is 53.7 Å². The minimum Gasteiger partial charge on any atom is -0.391 e. The van der Waals surface area contributed by atoms with Gasteiger partial charge in [0.1, 0.15) is 5.82 Å². The summed E-state index contributed by atoms with van der Waals surface area (Å²) in [6, 6.07) is 3.88. The normalized spacial score (nSPS) is 17.5. The van der Waals surface area contributed by atoms with Gasteiger partial charge in [-0.1, -0.05) is 0 Å². The van der Waals surface area contributed by atoms with E-state index in [9.17, 15) is 5.11 Å². The number of rotatable bonds is 4. The number of aliphatic hydroxyl groups is 1. The Bertz CT molecular complexity index is 352. The molecule has 1 aliphatic rings. The van der Waals surface area contributed by atoms with Crippen LogP contribution in [0.15, 0.2) is 16.6 Å². The maximum Gasteiger partial charge on any atom is 0.126 e. The third kappa shape index (κ3) is 2.92. The predicted molar refractivity (Wildman–Crippen MR) is 63.9 cm³/mol. The van der Waals surface area contributed by atoms with Gasteiger partial charge in [0.2, 0.25) is 0 Å². The fourth-order valence-corrected chi connectivity index (χ4v) is 1.72. The summed E-state index contributed by atoms with van der Waals surface area (Å²) in [7, 11) is 0. The topological polar surface area (TPSA) is 45.2 Å². The van der Waals surface area contributed by atoms with Gasteiger partial charge in [-0.25, -0.2) is 4.98 Å². The van der Waals surface area contributed by atoms with E-state index in [2.05, 4.69) is 26.2 Å². The zero-order valence-electron chi connectivity index (χ0n) is 8.70. The van der Waals surface area contributed by atoms with E-state index in [-0.39, 0.29) is 6.10 Å². The van der Waals surface area contributed by atoms with E-state index in [0.29, 0.717) is 12.5 Å². The second-order valence-electron chi connectivity index (χ2n) is 4.05. The first kappa shape index (κ1) is 10.9. The predicted octanol–water partition coefficient (Wildman–Crippen LogP) is 2.34. The zero-order chi connectivity index (χ0) is 10.8. The molecule has 1 aromatic rings. The number of anilines is 1. The molecule has 1 aliphatic carbocycles. The molecule has 0 saturated heterocycles. The number of hydrogen-bond donors (Lipinski definition) is 2. The molecule has 0 aromatic carbocycles. The summed E-state index contributed by atoms with van der Waals surface area (Å²) < 4.78 is 1.01. The highest BCUT2D eigenvalue weighted by molar-refractivity contribution is 9.10. The number of halogens is 1. The van der Waals surface area contributed by atoms with E-state index in [1.165, 1.54) is 0 Å². The minimum atomic E-state index is -0.226. The van der Waals surface area contributed by atoms with E-state index in [0.717, 1.165) is 28.8 Å². The summed E-state index contributed by atoms with van der Waals surface area (Å²) in [5.41, 5.74) is 0.959. The molecule has 1 heterocycles. The molecule has 82 valence electrons. The molecular weight excluding hydrogens is 256 g/mol. The molecule has 0 radical (unpaired) electrons. The number of nitrogens with one attached hydrogen (secondary N) is 1. The second kappa shape index (κ2) is 4.49. The fraction of sp³-hybridized carbons (Fsp3) is 0.545. The van der Waals surface area contributed by atoms with Crippen molar-refractivity contribution < 1.29 is 5.11 Å². The van der Waals surface area contributed by atoms with Crippen LogP contribution in [-0.4, -0.2) is 22.7 Å². The van der Waals surface area contributed by atoms with Crippen molar-refractivity contribution in [2.24, 2.45) is 5.92 Å². The van der Waals surface area contributed by atoms with Gasteiger partial charge in [-0.2, -0.15) is 0 Å². The summed E-state index contributed by atoms with van der Waals surface area (Å²) in [4.78, 5) is 4.36. The van der Waals surface area contributed by atoms with E-state index in [1.54, 1.807) is 0 Å². The molecule has 0 spiro atoms. The third-order valence-electron chi connectivity index (χ3n) is 2.68. The van der Waals surface area contributed by atoms with Gasteiger partial charge in [-0.3, -0.25) is 0 Å². The van der Waals surface area contributed by atoms with Gasteiger partial charge in [0.05, 0.1) is 11.8 Å². The summed E-state index contributed by atoms with van der Waals surface area (Å²) in [5.74, 6) is 1.34. The van der Waals surface area contributed by atoms with Crippen molar-refractivity contribution in [1.29, 1.82) is 0 Å². The summed E-state index contributed by atoms with van der Waals surface area (Å²) in [6.45, 7) is 2.55. The zero-order valence-corrected chi connectivity index (χ0v) is 10.3. The second-order valence-corrected chi connectivity index (χ2v) is 4.90. The van der Waals surface area contributed by atoms with Crippen LogP contribution in [0.3, 0.4) is 0 Å². The molecule has 2 N–H and O–H groups in total. The molecule has 3 nitrogen and oxygen atoms in total. The molecule has 1 saturated carbocycles. The lowest BCUT2D eigenvalue weighted by molar-refractivity contribution is 0.164. The van der Waals surface area contributed by atoms with Crippen LogP contribution in [0.2, 0.25) is 0 Å². The maximum absolute atomic E-state index is 9.67. The van der Waals surface area contributed by atoms with Crippen LogP contribution in [0, 0.1) is 12.8 Å². The Morgan fingerprint density at radius 1 is 1.60 bits per heavy atom. The van der Waals surface area contributed by atoms with Gasteiger partial charge in [0, 0.05) is 11.0 Å². The van der Waals surface area contributed by atoms with Crippen molar-refractivity contribution in [2.45, 2.75) is 25.9 Å². The number of nitrogens with zero attached hydrogens (tertiary/aromatic N) is 1. The summed E-state index contributed by atoms with van der Waals surface area (Å²) in [5, 5.41) is 12.8. The van der Waals surface area contributed by atoms with Crippen molar-refractivity contribution in [2.75, 3.05) is 11.9 Å². The van der Waals surface area contributed by atoms with Crippen molar-refractivity contribution in [1.82, 2.24) is 4.98 Å². The molecule has 15 heavy (non-hydrogen) atoms. The van der Waals surface area contributed by atoms with Crippen molar-refractivity contribution in [3.05, 3.63) is 22.3 Å². The molecule has 1 fully saturated rings. The average Bonchev–Trinajstić information content (AvgIpc) is 3.03. The number of aromatic nitrogens is 1. The van der Waals surface area contributed by atoms with Crippen molar-refractivity contribution in [3.8, 4) is 0 Å². The highest BCUT2D eigenvalue weighted by atomic mass is 79.9. The number of pyridine rings is 1. The minimum absolute atomic E-state index is 0.226. The lowest BCUT2D eigenvalue weighted by Crippen LogP contribution is -2.21.